The molecule has 162 valence electrons. The molecule has 1 aromatic heterocycles. The van der Waals surface area contributed by atoms with Crippen LogP contribution in [0.4, 0.5) is 5.69 Å². The van der Waals surface area contributed by atoms with E-state index in [1.165, 1.54) is 5.39 Å². The van der Waals surface area contributed by atoms with Crippen LogP contribution in [-0.2, 0) is 4.74 Å². The van der Waals surface area contributed by atoms with Gasteiger partial charge in [0, 0.05) is 36.4 Å². The Bertz CT molecular complexity index is 902. The predicted molar refractivity (Wildman–Crippen MR) is 125 cm³/mol. The maximum absolute atomic E-state index is 10.8. The fourth-order valence-corrected chi connectivity index (χ4v) is 6.00. The van der Waals surface area contributed by atoms with Crippen LogP contribution in [-0.4, -0.2) is 64.9 Å². The van der Waals surface area contributed by atoms with E-state index in [9.17, 15) is 5.11 Å². The number of ether oxygens (including phenoxy) is 1. The van der Waals surface area contributed by atoms with Gasteiger partial charge in [-0.1, -0.05) is 30.8 Å². The first-order chi connectivity index (χ1) is 14.7. The fourth-order valence-electron chi connectivity index (χ4n) is 4.87. The highest BCUT2D eigenvalue weighted by atomic mass is 32.2. The van der Waals surface area contributed by atoms with Gasteiger partial charge in [0.25, 0.3) is 0 Å². The molecule has 2 fully saturated rings. The number of aromatic nitrogens is 1. The highest BCUT2D eigenvalue weighted by molar-refractivity contribution is 8.15. The van der Waals surface area contributed by atoms with E-state index >= 15 is 0 Å². The van der Waals surface area contributed by atoms with Crippen LogP contribution >= 0.6 is 11.8 Å². The van der Waals surface area contributed by atoms with E-state index in [-0.39, 0.29) is 17.3 Å². The number of nitrogens with one attached hydrogen (secondary N) is 3. The van der Waals surface area contributed by atoms with Gasteiger partial charge in [-0.15, -0.1) is 0 Å². The average Bonchev–Trinajstić information content (AvgIpc) is 3.51. The van der Waals surface area contributed by atoms with Crippen LogP contribution in [0.1, 0.15) is 38.3 Å². The van der Waals surface area contributed by atoms with Gasteiger partial charge in [0.1, 0.15) is 5.04 Å². The second-order valence-corrected chi connectivity index (χ2v) is 10.2. The van der Waals surface area contributed by atoms with E-state index < -0.39 is 6.10 Å². The number of rotatable bonds is 6. The van der Waals surface area contributed by atoms with Gasteiger partial charge in [0.05, 0.1) is 29.0 Å². The number of aliphatic hydroxyl groups excluding tert-OH is 1. The van der Waals surface area contributed by atoms with Crippen molar-refractivity contribution in [1.29, 1.82) is 0 Å². The maximum atomic E-state index is 10.8. The molecule has 3 aliphatic heterocycles. The van der Waals surface area contributed by atoms with E-state index in [0.717, 1.165) is 73.9 Å². The highest BCUT2D eigenvalue weighted by Gasteiger charge is 2.38. The van der Waals surface area contributed by atoms with Crippen molar-refractivity contribution in [2.75, 3.05) is 31.6 Å². The van der Waals surface area contributed by atoms with Crippen molar-refractivity contribution in [2.45, 2.75) is 56.0 Å². The number of H-pyrrole nitrogens is 1. The molecular formula is C23H32N4O2S. The number of aromatic amines is 1. The first-order valence-corrected chi connectivity index (χ1v) is 12.2. The number of nitrogens with zero attached hydrogens (tertiary/aromatic N) is 1. The number of aliphatic imine (C=N–C) groups is 1. The topological polar surface area (TPSA) is 81.7 Å². The lowest BCUT2D eigenvalue weighted by Gasteiger charge is -2.24. The predicted octanol–water partition coefficient (Wildman–Crippen LogP) is 3.37. The van der Waals surface area contributed by atoms with E-state index in [0.29, 0.717) is 5.92 Å². The van der Waals surface area contributed by atoms with Gasteiger partial charge < -0.3 is 25.5 Å². The fraction of sp³-hybridized carbons (Fsp3) is 0.609. The van der Waals surface area contributed by atoms with Crippen LogP contribution in [0.2, 0.25) is 0 Å². The third kappa shape index (κ3) is 4.13. The Morgan fingerprint density at radius 1 is 1.30 bits per heavy atom. The minimum absolute atomic E-state index is 0.0573. The van der Waals surface area contributed by atoms with Crippen molar-refractivity contribution in [3.63, 3.8) is 0 Å². The summed E-state index contributed by atoms with van der Waals surface area (Å²) in [7, 11) is 0. The van der Waals surface area contributed by atoms with Crippen LogP contribution in [0.25, 0.3) is 10.9 Å². The number of benzene rings is 1. The van der Waals surface area contributed by atoms with Crippen molar-refractivity contribution in [3.05, 3.63) is 30.0 Å². The Kier molecular flexibility index (Phi) is 6.05. The summed E-state index contributed by atoms with van der Waals surface area (Å²) in [4.78, 5) is 8.56. The second-order valence-electron chi connectivity index (χ2n) is 8.83. The minimum Gasteiger partial charge on any atom is -0.389 e. The smallest absolute Gasteiger partial charge is 0.115 e. The summed E-state index contributed by atoms with van der Waals surface area (Å²) in [5.74, 6) is 0.672. The molecule has 30 heavy (non-hydrogen) atoms. The van der Waals surface area contributed by atoms with Crippen molar-refractivity contribution in [1.82, 2.24) is 10.3 Å². The Hall–Kier alpha value is -1.54. The zero-order valence-electron chi connectivity index (χ0n) is 17.6. The number of fused-ring (bicyclic) bond motifs is 1. The third-order valence-corrected chi connectivity index (χ3v) is 7.91. The Morgan fingerprint density at radius 2 is 2.17 bits per heavy atom. The quantitative estimate of drug-likeness (QED) is 0.567. The number of anilines is 1. The minimum atomic E-state index is -0.423. The van der Waals surface area contributed by atoms with Crippen molar-refractivity contribution in [2.24, 2.45) is 10.9 Å². The summed E-state index contributed by atoms with van der Waals surface area (Å²) < 4.78 is 5.48. The molecule has 3 aliphatic rings. The molecule has 0 saturated carbocycles. The van der Waals surface area contributed by atoms with Gasteiger partial charge in [0.15, 0.2) is 0 Å². The van der Waals surface area contributed by atoms with E-state index in [2.05, 4.69) is 46.8 Å². The average molecular weight is 429 g/mol. The lowest BCUT2D eigenvalue weighted by Crippen LogP contribution is -2.44. The van der Waals surface area contributed by atoms with Gasteiger partial charge in [0.2, 0.25) is 0 Å². The SMILES string of the molecule is CC1SC(c2cc3cccc(NCC4CCOCC4)c3[nH]2)=NC1C(O)C1CCCN1. The summed E-state index contributed by atoms with van der Waals surface area (Å²) in [6, 6.07) is 8.70. The molecule has 0 spiro atoms. The monoisotopic (exact) mass is 428 g/mol. The Labute approximate surface area is 182 Å². The number of hydrogen-bond donors (Lipinski definition) is 4. The van der Waals surface area contributed by atoms with Gasteiger partial charge in [-0.25, -0.2) is 0 Å². The van der Waals surface area contributed by atoms with Crippen molar-refractivity contribution in [3.8, 4) is 0 Å². The number of hydrogen-bond acceptors (Lipinski definition) is 6. The summed E-state index contributed by atoms with van der Waals surface area (Å²) in [5.41, 5.74) is 3.34. The molecule has 4 atom stereocenters. The van der Waals surface area contributed by atoms with Crippen LogP contribution in [0.15, 0.2) is 29.3 Å². The number of para-hydroxylation sites is 1. The lowest BCUT2D eigenvalue weighted by molar-refractivity contribution is 0.0699. The Morgan fingerprint density at radius 3 is 2.97 bits per heavy atom. The molecule has 0 amide bonds. The molecule has 2 aromatic rings. The zero-order chi connectivity index (χ0) is 20.5. The molecular weight excluding hydrogens is 396 g/mol. The zero-order valence-corrected chi connectivity index (χ0v) is 18.4. The standard InChI is InChI=1S/C23H32N4O2S/c1-14-20(22(28)18-6-3-9-24-18)27-23(30-14)19-12-16-4-2-5-17(21(16)26-19)25-13-15-7-10-29-11-8-15/h2,4-5,12,14-15,18,20,22,24-26,28H,3,6-11,13H2,1H3. The molecule has 2 saturated heterocycles. The molecule has 7 heteroatoms. The highest BCUT2D eigenvalue weighted by Crippen LogP contribution is 2.35. The Balaban J connectivity index is 1.34. The molecule has 0 radical (unpaired) electrons. The number of thioether (sulfide) groups is 1. The second kappa shape index (κ2) is 8.91. The molecule has 4 N–H and O–H groups in total. The molecule has 1 aromatic carbocycles. The van der Waals surface area contributed by atoms with Gasteiger partial charge in [-0.3, -0.25) is 4.99 Å². The van der Waals surface area contributed by atoms with Gasteiger partial charge >= 0.3 is 0 Å². The van der Waals surface area contributed by atoms with Crippen molar-refractivity contribution < 1.29 is 9.84 Å². The van der Waals surface area contributed by atoms with Crippen molar-refractivity contribution >= 4 is 33.4 Å². The summed E-state index contributed by atoms with van der Waals surface area (Å²) in [6.45, 7) is 5.90. The first kappa shape index (κ1) is 20.4. The molecule has 5 rings (SSSR count). The number of aliphatic hydroxyl groups is 1. The van der Waals surface area contributed by atoms with E-state index in [1.807, 2.05) is 0 Å². The van der Waals surface area contributed by atoms with Crippen LogP contribution < -0.4 is 10.6 Å². The van der Waals surface area contributed by atoms with Gasteiger partial charge in [-0.05, 0) is 50.3 Å². The molecule has 0 bridgehead atoms. The summed E-state index contributed by atoms with van der Waals surface area (Å²) >= 11 is 1.77. The molecule has 0 aliphatic carbocycles. The molecule has 6 nitrogen and oxygen atoms in total. The maximum Gasteiger partial charge on any atom is 0.115 e. The van der Waals surface area contributed by atoms with Crippen LogP contribution in [0, 0.1) is 5.92 Å². The third-order valence-electron chi connectivity index (χ3n) is 6.71. The van der Waals surface area contributed by atoms with E-state index in [1.54, 1.807) is 11.8 Å². The first-order valence-electron chi connectivity index (χ1n) is 11.3. The summed E-state index contributed by atoms with van der Waals surface area (Å²) in [5, 5.41) is 20.4. The largest absolute Gasteiger partial charge is 0.389 e. The molecule has 4 unspecified atom stereocenters. The van der Waals surface area contributed by atoms with Crippen LogP contribution in [0.5, 0.6) is 0 Å². The lowest BCUT2D eigenvalue weighted by atomic mass is 10.00. The van der Waals surface area contributed by atoms with E-state index in [4.69, 9.17) is 9.73 Å². The molecule has 4 heterocycles. The van der Waals surface area contributed by atoms with Crippen LogP contribution in [0.3, 0.4) is 0 Å². The normalized spacial score (nSPS) is 28.7. The van der Waals surface area contributed by atoms with Gasteiger partial charge in [-0.2, -0.15) is 0 Å². The summed E-state index contributed by atoms with van der Waals surface area (Å²) in [6.07, 6.45) is 4.01.